The first-order valence-corrected chi connectivity index (χ1v) is 9.54. The van der Waals surface area contributed by atoms with Crippen LogP contribution in [0, 0.1) is 9.39 Å². The van der Waals surface area contributed by atoms with Crippen LogP contribution in [0.3, 0.4) is 0 Å². The van der Waals surface area contributed by atoms with Crippen LogP contribution in [0.2, 0.25) is 5.02 Å². The van der Waals surface area contributed by atoms with Gasteiger partial charge in [-0.1, -0.05) is 35.0 Å². The Hall–Kier alpha value is -2.40. The van der Waals surface area contributed by atoms with Gasteiger partial charge in [0.25, 0.3) is 0 Å². The second-order valence-electron chi connectivity index (χ2n) is 5.94. The molecule has 0 atom stereocenters. The van der Waals surface area contributed by atoms with Crippen LogP contribution < -0.4 is 0 Å². The summed E-state index contributed by atoms with van der Waals surface area (Å²) in [4.78, 5) is 0. The van der Waals surface area contributed by atoms with E-state index >= 15 is 0 Å². The summed E-state index contributed by atoms with van der Waals surface area (Å²) in [5.41, 5.74) is -1.14. The highest BCUT2D eigenvalue weighted by Crippen LogP contribution is 2.40. The fourth-order valence-electron chi connectivity index (χ4n) is 2.87. The maximum Gasteiger partial charge on any atom is 0.434 e. The van der Waals surface area contributed by atoms with Crippen LogP contribution in [0.1, 0.15) is 5.69 Å². The maximum atomic E-state index is 14.1. The van der Waals surface area contributed by atoms with Crippen molar-refractivity contribution in [3.63, 3.8) is 0 Å². The van der Waals surface area contributed by atoms with Gasteiger partial charge in [-0.15, -0.1) is 0 Å². The van der Waals surface area contributed by atoms with Gasteiger partial charge in [-0.2, -0.15) is 18.3 Å². The van der Waals surface area contributed by atoms with Gasteiger partial charge in [0, 0.05) is 9.64 Å². The van der Waals surface area contributed by atoms with Crippen LogP contribution in [-0.4, -0.2) is 14.9 Å². The van der Waals surface area contributed by atoms with Gasteiger partial charge in [0.2, 0.25) is 0 Å². The highest BCUT2D eigenvalue weighted by atomic mass is 127. The molecule has 2 aromatic carbocycles. The van der Waals surface area contributed by atoms with E-state index in [1.165, 1.54) is 30.3 Å². The zero-order valence-electron chi connectivity index (χ0n) is 14.2. The van der Waals surface area contributed by atoms with Crippen molar-refractivity contribution in [1.29, 1.82) is 0 Å². The number of rotatable bonds is 3. The Morgan fingerprint density at radius 3 is 2.52 bits per heavy atom. The lowest BCUT2D eigenvalue weighted by atomic mass is 10.1. The van der Waals surface area contributed by atoms with Crippen LogP contribution in [0.25, 0.3) is 28.3 Å². The SMILES string of the molecule is Fc1cccc(Cl)c1-c1cc(-c2cnn(-c3ccccc3I)c2C(F)(F)F)on1. The van der Waals surface area contributed by atoms with Crippen molar-refractivity contribution in [3.8, 4) is 28.3 Å². The summed E-state index contributed by atoms with van der Waals surface area (Å²) in [6.07, 6.45) is -3.69. The molecule has 0 spiro atoms. The molecule has 0 saturated heterocycles. The third-order valence-corrected chi connectivity index (χ3v) is 5.34. The first-order valence-electron chi connectivity index (χ1n) is 8.09. The molecule has 4 aromatic rings. The molecule has 0 aliphatic carbocycles. The molecule has 148 valence electrons. The fraction of sp³-hybridized carbons (Fsp3) is 0.0526. The Balaban J connectivity index is 1.87. The molecule has 0 amide bonds. The number of hydrogen-bond acceptors (Lipinski definition) is 3. The smallest absolute Gasteiger partial charge is 0.356 e. The molecular weight excluding hydrogens is 525 g/mol. The Labute approximate surface area is 180 Å². The molecule has 0 fully saturated rings. The van der Waals surface area contributed by atoms with E-state index < -0.39 is 17.7 Å². The maximum absolute atomic E-state index is 14.1. The monoisotopic (exact) mass is 533 g/mol. The summed E-state index contributed by atoms with van der Waals surface area (Å²) >= 11 is 7.94. The molecule has 0 bridgehead atoms. The van der Waals surface area contributed by atoms with Crippen molar-refractivity contribution < 1.29 is 22.1 Å². The number of hydrogen-bond donors (Lipinski definition) is 0. The summed E-state index contributed by atoms with van der Waals surface area (Å²) in [6, 6.07) is 11.8. The van der Waals surface area contributed by atoms with Crippen molar-refractivity contribution in [3.05, 3.63) is 74.8 Å². The lowest BCUT2D eigenvalue weighted by Gasteiger charge is -2.13. The minimum Gasteiger partial charge on any atom is -0.356 e. The van der Waals surface area contributed by atoms with Gasteiger partial charge in [0.15, 0.2) is 11.5 Å². The first kappa shape index (κ1) is 19.9. The zero-order chi connectivity index (χ0) is 20.8. The van der Waals surface area contributed by atoms with Crippen molar-refractivity contribution in [2.75, 3.05) is 0 Å². The van der Waals surface area contributed by atoms with E-state index in [0.717, 1.165) is 10.9 Å². The number of alkyl halides is 3. The quantitative estimate of drug-likeness (QED) is 0.220. The second kappa shape index (κ2) is 7.45. The summed E-state index contributed by atoms with van der Waals surface area (Å²) in [5.74, 6) is -0.869. The van der Waals surface area contributed by atoms with Gasteiger partial charge in [-0.05, 0) is 46.9 Å². The van der Waals surface area contributed by atoms with E-state index in [1.807, 2.05) is 22.6 Å². The molecule has 0 unspecified atom stereocenters. The molecule has 29 heavy (non-hydrogen) atoms. The van der Waals surface area contributed by atoms with Gasteiger partial charge in [-0.25, -0.2) is 9.07 Å². The molecule has 2 aromatic heterocycles. The number of benzene rings is 2. The topological polar surface area (TPSA) is 43.9 Å². The van der Waals surface area contributed by atoms with Crippen molar-refractivity contribution >= 4 is 34.2 Å². The molecule has 2 heterocycles. The standard InChI is InChI=1S/C19H9ClF4IN3O/c20-11-4-3-5-12(21)17(11)14-8-16(29-27-14)10-9-26-28(18(10)19(22,23)24)15-7-2-1-6-13(15)25/h1-9H. The minimum atomic E-state index is -4.73. The molecule has 0 radical (unpaired) electrons. The van der Waals surface area contributed by atoms with E-state index in [9.17, 15) is 17.6 Å². The van der Waals surface area contributed by atoms with E-state index in [-0.39, 0.29) is 33.3 Å². The van der Waals surface area contributed by atoms with Gasteiger partial charge in [0.1, 0.15) is 11.5 Å². The van der Waals surface area contributed by atoms with Crippen LogP contribution in [0.4, 0.5) is 17.6 Å². The average molecular weight is 534 g/mol. The molecule has 0 saturated carbocycles. The van der Waals surface area contributed by atoms with Gasteiger partial charge in [-0.3, -0.25) is 0 Å². The second-order valence-corrected chi connectivity index (χ2v) is 7.51. The highest BCUT2D eigenvalue weighted by Gasteiger charge is 2.40. The lowest BCUT2D eigenvalue weighted by Crippen LogP contribution is -2.15. The highest BCUT2D eigenvalue weighted by molar-refractivity contribution is 14.1. The third kappa shape index (κ3) is 3.64. The zero-order valence-corrected chi connectivity index (χ0v) is 17.1. The number of nitrogens with zero attached hydrogens (tertiary/aromatic N) is 3. The van der Waals surface area contributed by atoms with E-state index in [0.29, 0.717) is 3.57 Å². The van der Waals surface area contributed by atoms with Gasteiger partial charge >= 0.3 is 6.18 Å². The van der Waals surface area contributed by atoms with Crippen LogP contribution in [0.5, 0.6) is 0 Å². The Bertz CT molecular complexity index is 1180. The summed E-state index contributed by atoms with van der Waals surface area (Å²) in [5, 5.41) is 7.68. The molecular formula is C19H9ClF4IN3O. The van der Waals surface area contributed by atoms with Crippen LogP contribution in [-0.2, 0) is 6.18 Å². The Morgan fingerprint density at radius 1 is 1.07 bits per heavy atom. The lowest BCUT2D eigenvalue weighted by molar-refractivity contribution is -0.142. The predicted octanol–water partition coefficient (Wildman–Crippen LogP) is 6.61. The third-order valence-electron chi connectivity index (χ3n) is 4.11. The van der Waals surface area contributed by atoms with Gasteiger partial charge in [0.05, 0.1) is 28.0 Å². The Morgan fingerprint density at radius 2 is 1.83 bits per heavy atom. The summed E-state index contributed by atoms with van der Waals surface area (Å²) in [6.45, 7) is 0. The van der Waals surface area contributed by atoms with Gasteiger partial charge < -0.3 is 4.52 Å². The molecule has 4 rings (SSSR count). The first-order chi connectivity index (χ1) is 13.8. The number of para-hydroxylation sites is 1. The molecule has 4 nitrogen and oxygen atoms in total. The van der Waals surface area contributed by atoms with E-state index in [2.05, 4.69) is 10.3 Å². The van der Waals surface area contributed by atoms with E-state index in [4.69, 9.17) is 16.1 Å². The largest absolute Gasteiger partial charge is 0.434 e. The van der Waals surface area contributed by atoms with E-state index in [1.54, 1.807) is 18.2 Å². The Kier molecular flexibility index (Phi) is 5.11. The van der Waals surface area contributed by atoms with Crippen molar-refractivity contribution in [2.24, 2.45) is 0 Å². The van der Waals surface area contributed by atoms with Crippen LogP contribution in [0.15, 0.2) is 59.3 Å². The van der Waals surface area contributed by atoms with Crippen molar-refractivity contribution in [2.45, 2.75) is 6.18 Å². The normalized spacial score (nSPS) is 11.8. The number of aromatic nitrogens is 3. The fourth-order valence-corrected chi connectivity index (χ4v) is 3.75. The van der Waals surface area contributed by atoms with Crippen LogP contribution >= 0.6 is 34.2 Å². The summed E-state index contributed by atoms with van der Waals surface area (Å²) < 4.78 is 62.3. The molecule has 0 N–H and O–H groups in total. The molecule has 0 aliphatic rings. The average Bonchev–Trinajstić information content (AvgIpc) is 3.28. The summed E-state index contributed by atoms with van der Waals surface area (Å²) in [7, 11) is 0. The molecule has 10 heteroatoms. The van der Waals surface area contributed by atoms with Crippen molar-refractivity contribution in [1.82, 2.24) is 14.9 Å². The minimum absolute atomic E-state index is 0.0155. The number of halogens is 6. The predicted molar refractivity (Wildman–Crippen MR) is 107 cm³/mol. The molecule has 0 aliphatic heterocycles.